The number of nitrogens with zero attached hydrogens (tertiary/aromatic N) is 3. The van der Waals surface area contributed by atoms with Crippen LogP contribution < -0.4 is 4.90 Å². The maximum atomic E-state index is 10.9. The third kappa shape index (κ3) is 4.22. The molecular weight excluding hydrogens is 298 g/mol. The standard InChI is InChI=1S/C16H19N3O2S/c1-3-19(4-2)15-9-5-13(6-10-15)17-18-14-7-11-16(12-8-14)22(20)21/h5-12H,3-4H2,1-2H3,(H,20,21). The molecule has 0 fully saturated rings. The first-order chi connectivity index (χ1) is 10.6. The monoisotopic (exact) mass is 317 g/mol. The molecule has 1 N–H and O–H groups in total. The Kier molecular flexibility index (Phi) is 5.80. The molecule has 2 aromatic carbocycles. The minimum Gasteiger partial charge on any atom is -0.372 e. The SMILES string of the molecule is CCN(CC)c1ccc(N=Nc2ccc(S(=O)O)cc2)cc1. The normalized spacial score (nSPS) is 12.5. The van der Waals surface area contributed by atoms with E-state index in [2.05, 4.69) is 29.0 Å². The molecule has 0 aliphatic rings. The van der Waals surface area contributed by atoms with Crippen LogP contribution >= 0.6 is 0 Å². The van der Waals surface area contributed by atoms with Crippen molar-refractivity contribution in [3.63, 3.8) is 0 Å². The van der Waals surface area contributed by atoms with Crippen molar-refractivity contribution in [1.29, 1.82) is 0 Å². The van der Waals surface area contributed by atoms with E-state index in [0.717, 1.165) is 18.8 Å². The lowest BCUT2D eigenvalue weighted by molar-refractivity contribution is 0.564. The molecule has 0 heterocycles. The molecule has 0 bridgehead atoms. The zero-order valence-electron chi connectivity index (χ0n) is 12.6. The summed E-state index contributed by atoms with van der Waals surface area (Å²) in [5.41, 5.74) is 2.58. The van der Waals surface area contributed by atoms with Crippen LogP contribution in [0, 0.1) is 0 Å². The number of benzene rings is 2. The summed E-state index contributed by atoms with van der Waals surface area (Å²) >= 11 is -1.96. The van der Waals surface area contributed by atoms with Crippen LogP contribution in [0.3, 0.4) is 0 Å². The number of rotatable bonds is 6. The van der Waals surface area contributed by atoms with Gasteiger partial charge >= 0.3 is 0 Å². The minimum absolute atomic E-state index is 0.350. The fourth-order valence-corrected chi connectivity index (χ4v) is 2.43. The molecule has 1 unspecified atom stereocenters. The predicted octanol–water partition coefficient (Wildman–Crippen LogP) is 4.53. The number of hydrogen-bond acceptors (Lipinski definition) is 4. The Hall–Kier alpha value is -2.05. The summed E-state index contributed by atoms with van der Waals surface area (Å²) in [6.07, 6.45) is 0. The molecule has 0 saturated heterocycles. The van der Waals surface area contributed by atoms with E-state index in [-0.39, 0.29) is 0 Å². The smallest absolute Gasteiger partial charge is 0.186 e. The Balaban J connectivity index is 2.08. The summed E-state index contributed by atoms with van der Waals surface area (Å²) in [5, 5.41) is 8.29. The van der Waals surface area contributed by atoms with Crippen LogP contribution in [0.4, 0.5) is 17.1 Å². The Morgan fingerprint density at radius 2 is 1.36 bits per heavy atom. The van der Waals surface area contributed by atoms with Crippen molar-refractivity contribution in [2.75, 3.05) is 18.0 Å². The van der Waals surface area contributed by atoms with Crippen molar-refractivity contribution in [2.45, 2.75) is 18.7 Å². The second-order valence-corrected chi connectivity index (χ2v) is 5.60. The summed E-state index contributed by atoms with van der Waals surface area (Å²) in [4.78, 5) is 2.61. The van der Waals surface area contributed by atoms with Crippen molar-refractivity contribution in [1.82, 2.24) is 0 Å². The molecule has 2 rings (SSSR count). The van der Waals surface area contributed by atoms with Crippen LogP contribution in [0.15, 0.2) is 63.7 Å². The third-order valence-electron chi connectivity index (χ3n) is 3.30. The van der Waals surface area contributed by atoms with E-state index >= 15 is 0 Å². The highest BCUT2D eigenvalue weighted by Gasteiger charge is 2.01. The van der Waals surface area contributed by atoms with Crippen LogP contribution in [0.2, 0.25) is 0 Å². The van der Waals surface area contributed by atoms with Gasteiger partial charge in [-0.15, -0.1) is 0 Å². The quantitative estimate of drug-likeness (QED) is 0.629. The van der Waals surface area contributed by atoms with Crippen LogP contribution in [0.5, 0.6) is 0 Å². The largest absolute Gasteiger partial charge is 0.372 e. The van der Waals surface area contributed by atoms with Gasteiger partial charge in [-0.3, -0.25) is 0 Å². The zero-order chi connectivity index (χ0) is 15.9. The van der Waals surface area contributed by atoms with Gasteiger partial charge in [-0.25, -0.2) is 4.21 Å². The Morgan fingerprint density at radius 1 is 0.909 bits per heavy atom. The minimum atomic E-state index is -1.96. The number of azo groups is 1. The van der Waals surface area contributed by atoms with Crippen LogP contribution in [-0.2, 0) is 11.1 Å². The van der Waals surface area contributed by atoms with Gasteiger partial charge < -0.3 is 9.45 Å². The molecule has 0 aliphatic heterocycles. The maximum Gasteiger partial charge on any atom is 0.186 e. The average Bonchev–Trinajstić information content (AvgIpc) is 2.55. The highest BCUT2D eigenvalue weighted by molar-refractivity contribution is 7.79. The van der Waals surface area contributed by atoms with Crippen LogP contribution in [0.1, 0.15) is 13.8 Å². The Labute approximate surface area is 133 Å². The Bertz CT molecular complexity index is 650. The summed E-state index contributed by atoms with van der Waals surface area (Å²) in [6, 6.07) is 14.4. The fraction of sp³-hybridized carbons (Fsp3) is 0.250. The molecule has 0 radical (unpaired) electrons. The van der Waals surface area contributed by atoms with E-state index in [1.165, 1.54) is 5.69 Å². The molecule has 0 amide bonds. The van der Waals surface area contributed by atoms with Gasteiger partial charge in [0.05, 0.1) is 16.3 Å². The van der Waals surface area contributed by atoms with Crippen molar-refractivity contribution in [3.8, 4) is 0 Å². The molecule has 22 heavy (non-hydrogen) atoms. The average molecular weight is 317 g/mol. The lowest BCUT2D eigenvalue weighted by atomic mass is 10.2. The van der Waals surface area contributed by atoms with Crippen molar-refractivity contribution >= 4 is 28.1 Å². The summed E-state index contributed by atoms with van der Waals surface area (Å²) in [5.74, 6) is 0. The molecule has 1 atom stereocenters. The lowest BCUT2D eigenvalue weighted by Gasteiger charge is -2.20. The van der Waals surface area contributed by atoms with E-state index in [1.54, 1.807) is 24.3 Å². The molecule has 0 saturated carbocycles. The fourth-order valence-electron chi connectivity index (χ4n) is 2.06. The first-order valence-corrected chi connectivity index (χ1v) is 8.22. The van der Waals surface area contributed by atoms with Crippen molar-refractivity contribution in [2.24, 2.45) is 10.2 Å². The van der Waals surface area contributed by atoms with Gasteiger partial charge in [0.15, 0.2) is 11.1 Å². The van der Waals surface area contributed by atoms with E-state index < -0.39 is 11.1 Å². The predicted molar refractivity (Wildman–Crippen MR) is 89.7 cm³/mol. The van der Waals surface area contributed by atoms with Gasteiger partial charge in [0.2, 0.25) is 0 Å². The van der Waals surface area contributed by atoms with Crippen LogP contribution in [-0.4, -0.2) is 21.9 Å². The lowest BCUT2D eigenvalue weighted by Crippen LogP contribution is -2.21. The van der Waals surface area contributed by atoms with E-state index in [9.17, 15) is 4.21 Å². The van der Waals surface area contributed by atoms with E-state index in [1.807, 2.05) is 24.3 Å². The van der Waals surface area contributed by atoms with Gasteiger partial charge in [-0.2, -0.15) is 10.2 Å². The van der Waals surface area contributed by atoms with E-state index in [4.69, 9.17) is 4.55 Å². The second-order valence-electron chi connectivity index (χ2n) is 4.63. The van der Waals surface area contributed by atoms with Crippen LogP contribution in [0.25, 0.3) is 0 Å². The summed E-state index contributed by atoms with van der Waals surface area (Å²) in [6.45, 7) is 6.19. The first kappa shape index (κ1) is 16.3. The first-order valence-electron chi connectivity index (χ1n) is 7.11. The molecule has 0 spiro atoms. The van der Waals surface area contributed by atoms with E-state index in [0.29, 0.717) is 10.6 Å². The third-order valence-corrected chi connectivity index (χ3v) is 3.97. The molecule has 2 aromatic rings. The second kappa shape index (κ2) is 7.82. The van der Waals surface area contributed by atoms with Gasteiger partial charge in [-0.1, -0.05) is 0 Å². The van der Waals surface area contributed by atoms with Gasteiger partial charge in [0.25, 0.3) is 0 Å². The maximum absolute atomic E-state index is 10.9. The number of hydrogen-bond donors (Lipinski definition) is 1. The van der Waals surface area contributed by atoms with Gasteiger partial charge in [0.1, 0.15) is 0 Å². The summed E-state index contributed by atoms with van der Waals surface area (Å²) < 4.78 is 19.8. The van der Waals surface area contributed by atoms with Crippen molar-refractivity contribution < 1.29 is 8.76 Å². The van der Waals surface area contributed by atoms with Gasteiger partial charge in [-0.05, 0) is 62.4 Å². The summed E-state index contributed by atoms with van der Waals surface area (Å²) in [7, 11) is 0. The molecule has 0 aromatic heterocycles. The van der Waals surface area contributed by atoms with Crippen molar-refractivity contribution in [3.05, 3.63) is 48.5 Å². The zero-order valence-corrected chi connectivity index (χ0v) is 13.5. The topological polar surface area (TPSA) is 65.3 Å². The molecule has 6 heteroatoms. The molecular formula is C16H19N3O2S. The highest BCUT2D eigenvalue weighted by Crippen LogP contribution is 2.22. The highest BCUT2D eigenvalue weighted by atomic mass is 32.2. The van der Waals surface area contributed by atoms with Gasteiger partial charge in [0, 0.05) is 18.8 Å². The molecule has 116 valence electrons. The molecule has 5 nitrogen and oxygen atoms in total. The molecule has 0 aliphatic carbocycles. The Morgan fingerprint density at radius 3 is 1.77 bits per heavy atom. The number of anilines is 1.